The average Bonchev–Trinajstić information content (AvgIpc) is 3.05. The quantitative estimate of drug-likeness (QED) is 0.0589. The minimum absolute atomic E-state index is 0.221. The standard InChI is InChI=1S/C35H30O11/c1-6-31(36)42-20-40-29-15-9-25(17-23(29)4)10-16-34(39)46-28-13-11-26(12-14-28)27-18-24(5)35(45-22-44-33(38)8-3)30(19-27)41-21-43-32(37)7-2/h6-9,11-15,17-19H,1-3,20-22H2,4-5H3. The van der Waals surface area contributed by atoms with Crippen molar-refractivity contribution in [3.05, 3.63) is 109 Å². The molecule has 0 saturated carbocycles. The molecule has 3 aromatic rings. The van der Waals surface area contributed by atoms with Gasteiger partial charge in [0.25, 0.3) is 0 Å². The Hall–Kier alpha value is -6.28. The van der Waals surface area contributed by atoms with E-state index in [-0.39, 0.29) is 24.0 Å². The number of hydrogen-bond donors (Lipinski definition) is 0. The molecule has 11 nitrogen and oxygen atoms in total. The van der Waals surface area contributed by atoms with E-state index >= 15 is 0 Å². The van der Waals surface area contributed by atoms with E-state index in [1.807, 2.05) is 6.07 Å². The molecule has 0 amide bonds. The Balaban J connectivity index is 1.69. The number of hydrogen-bond acceptors (Lipinski definition) is 11. The minimum atomic E-state index is -0.763. The molecule has 0 unspecified atom stereocenters. The number of esters is 4. The largest absolute Gasteiger partial charge is 0.457 e. The summed E-state index contributed by atoms with van der Waals surface area (Å²) in [6.45, 7) is 12.4. The molecule has 3 aromatic carbocycles. The fourth-order valence-electron chi connectivity index (χ4n) is 3.69. The lowest BCUT2D eigenvalue weighted by atomic mass is 10.0. The summed E-state index contributed by atoms with van der Waals surface area (Å²) in [6, 6.07) is 15.1. The van der Waals surface area contributed by atoms with E-state index in [0.717, 1.165) is 29.4 Å². The molecule has 236 valence electrons. The Bertz CT molecular complexity index is 1690. The first-order chi connectivity index (χ1) is 22.1. The highest BCUT2D eigenvalue weighted by Crippen LogP contribution is 2.37. The van der Waals surface area contributed by atoms with Gasteiger partial charge in [0.15, 0.2) is 11.5 Å². The van der Waals surface area contributed by atoms with Crippen LogP contribution in [-0.4, -0.2) is 44.3 Å². The molecule has 0 N–H and O–H groups in total. The minimum Gasteiger partial charge on any atom is -0.457 e. The summed E-state index contributed by atoms with van der Waals surface area (Å²) in [5.41, 5.74) is 3.36. The van der Waals surface area contributed by atoms with Crippen molar-refractivity contribution < 1.29 is 52.3 Å². The van der Waals surface area contributed by atoms with Crippen LogP contribution in [0.2, 0.25) is 0 Å². The molecular formula is C35H30O11. The van der Waals surface area contributed by atoms with E-state index in [0.29, 0.717) is 22.4 Å². The summed E-state index contributed by atoms with van der Waals surface area (Å²) in [6.07, 6.45) is 3.04. The van der Waals surface area contributed by atoms with Crippen LogP contribution < -0.4 is 18.9 Å². The Morgan fingerprint density at radius 3 is 1.78 bits per heavy atom. The predicted molar refractivity (Wildman–Crippen MR) is 166 cm³/mol. The lowest BCUT2D eigenvalue weighted by molar-refractivity contribution is -0.146. The van der Waals surface area contributed by atoms with Crippen LogP contribution in [0.25, 0.3) is 11.1 Å². The summed E-state index contributed by atoms with van der Waals surface area (Å²) in [4.78, 5) is 46.3. The molecule has 0 saturated heterocycles. The van der Waals surface area contributed by atoms with Gasteiger partial charge in [0.05, 0.1) is 0 Å². The van der Waals surface area contributed by atoms with Crippen LogP contribution in [0.3, 0.4) is 0 Å². The lowest BCUT2D eigenvalue weighted by Gasteiger charge is -2.16. The van der Waals surface area contributed by atoms with E-state index < -0.39 is 37.5 Å². The van der Waals surface area contributed by atoms with Crippen molar-refractivity contribution in [3.8, 4) is 46.0 Å². The maximum Gasteiger partial charge on any atom is 0.390 e. The SMILES string of the molecule is C=CC(=O)OCOc1ccc(C#CC(=O)Oc2ccc(-c3cc(C)c(OCOC(=O)C=C)c(OCOC(=O)C=C)c3)cc2)cc1C. The summed E-state index contributed by atoms with van der Waals surface area (Å²) in [5, 5.41) is 0. The van der Waals surface area contributed by atoms with Gasteiger partial charge in [-0.3, -0.25) is 0 Å². The third kappa shape index (κ3) is 10.5. The first-order valence-electron chi connectivity index (χ1n) is 13.5. The summed E-state index contributed by atoms with van der Waals surface area (Å²) >= 11 is 0. The number of benzene rings is 3. The molecule has 0 aliphatic rings. The normalized spacial score (nSPS) is 9.78. The fraction of sp³-hybridized carbons (Fsp3) is 0.143. The highest BCUT2D eigenvalue weighted by atomic mass is 16.7. The highest BCUT2D eigenvalue weighted by molar-refractivity contribution is 5.91. The van der Waals surface area contributed by atoms with E-state index in [1.165, 1.54) is 0 Å². The van der Waals surface area contributed by atoms with Crippen molar-refractivity contribution in [1.82, 2.24) is 0 Å². The third-order valence-electron chi connectivity index (χ3n) is 5.86. The number of aryl methyl sites for hydroxylation is 2. The molecule has 0 heterocycles. The number of carbonyl (C=O) groups excluding carboxylic acids is 4. The highest BCUT2D eigenvalue weighted by Gasteiger charge is 2.15. The van der Waals surface area contributed by atoms with Gasteiger partial charge in [-0.05, 0) is 78.6 Å². The van der Waals surface area contributed by atoms with Crippen molar-refractivity contribution in [2.45, 2.75) is 13.8 Å². The molecule has 3 rings (SSSR count). The first-order valence-corrected chi connectivity index (χ1v) is 13.5. The van der Waals surface area contributed by atoms with Gasteiger partial charge in [-0.15, -0.1) is 0 Å². The van der Waals surface area contributed by atoms with Crippen molar-refractivity contribution in [1.29, 1.82) is 0 Å². The monoisotopic (exact) mass is 626 g/mol. The molecule has 0 bridgehead atoms. The maximum atomic E-state index is 12.4. The van der Waals surface area contributed by atoms with Crippen molar-refractivity contribution in [2.75, 3.05) is 20.4 Å². The molecule has 0 spiro atoms. The van der Waals surface area contributed by atoms with Crippen LogP contribution in [0.4, 0.5) is 0 Å². The zero-order valence-electron chi connectivity index (χ0n) is 25.2. The topological polar surface area (TPSA) is 133 Å². The molecule has 11 heteroatoms. The maximum absolute atomic E-state index is 12.4. The molecule has 46 heavy (non-hydrogen) atoms. The Kier molecular flexibility index (Phi) is 12.7. The summed E-state index contributed by atoms with van der Waals surface area (Å²) < 4.78 is 36.6. The smallest absolute Gasteiger partial charge is 0.390 e. The zero-order chi connectivity index (χ0) is 33.5. The van der Waals surface area contributed by atoms with Gasteiger partial charge in [0.1, 0.15) is 11.5 Å². The molecule has 0 aromatic heterocycles. The zero-order valence-corrected chi connectivity index (χ0v) is 25.2. The van der Waals surface area contributed by atoms with Crippen molar-refractivity contribution in [3.63, 3.8) is 0 Å². The molecule has 0 aliphatic heterocycles. The van der Waals surface area contributed by atoms with Crippen LogP contribution in [-0.2, 0) is 33.4 Å². The number of rotatable bonds is 14. The molecule has 0 atom stereocenters. The van der Waals surface area contributed by atoms with E-state index in [9.17, 15) is 19.2 Å². The molecule has 0 radical (unpaired) electrons. The van der Waals surface area contributed by atoms with E-state index in [2.05, 4.69) is 31.6 Å². The second kappa shape index (κ2) is 17.1. The van der Waals surface area contributed by atoms with Gasteiger partial charge < -0.3 is 33.2 Å². The first kappa shape index (κ1) is 34.2. The second-order valence-electron chi connectivity index (χ2n) is 9.05. The van der Waals surface area contributed by atoms with Crippen LogP contribution in [0.1, 0.15) is 16.7 Å². The van der Waals surface area contributed by atoms with Gasteiger partial charge in [0.2, 0.25) is 20.4 Å². The van der Waals surface area contributed by atoms with Crippen LogP contribution in [0.15, 0.2) is 92.6 Å². The second-order valence-corrected chi connectivity index (χ2v) is 9.05. The molecule has 0 fully saturated rings. The van der Waals surface area contributed by atoms with Gasteiger partial charge in [-0.2, -0.15) is 0 Å². The van der Waals surface area contributed by atoms with Gasteiger partial charge in [0, 0.05) is 29.7 Å². The van der Waals surface area contributed by atoms with E-state index in [4.69, 9.17) is 33.2 Å². The van der Waals surface area contributed by atoms with Crippen LogP contribution in [0.5, 0.6) is 23.0 Å². The van der Waals surface area contributed by atoms with Crippen LogP contribution >= 0.6 is 0 Å². The lowest BCUT2D eigenvalue weighted by Crippen LogP contribution is -2.11. The van der Waals surface area contributed by atoms with Crippen molar-refractivity contribution in [2.24, 2.45) is 0 Å². The van der Waals surface area contributed by atoms with Gasteiger partial charge in [-0.25, -0.2) is 19.2 Å². The molecular weight excluding hydrogens is 596 g/mol. The predicted octanol–water partition coefficient (Wildman–Crippen LogP) is 5.12. The van der Waals surface area contributed by atoms with E-state index in [1.54, 1.807) is 62.4 Å². The Morgan fingerprint density at radius 1 is 0.652 bits per heavy atom. The molecule has 0 aliphatic carbocycles. The summed E-state index contributed by atoms with van der Waals surface area (Å²) in [5.74, 6) is 3.75. The van der Waals surface area contributed by atoms with Gasteiger partial charge >= 0.3 is 23.9 Å². The Labute approximate surface area is 265 Å². The third-order valence-corrected chi connectivity index (χ3v) is 5.86. The van der Waals surface area contributed by atoms with Crippen LogP contribution in [0, 0.1) is 25.7 Å². The fourth-order valence-corrected chi connectivity index (χ4v) is 3.69. The van der Waals surface area contributed by atoms with Gasteiger partial charge in [-0.1, -0.05) is 37.8 Å². The number of carbonyl (C=O) groups is 4. The summed E-state index contributed by atoms with van der Waals surface area (Å²) in [7, 11) is 0. The van der Waals surface area contributed by atoms with Crippen molar-refractivity contribution >= 4 is 23.9 Å². The number of ether oxygens (including phenoxy) is 7. The average molecular weight is 627 g/mol. The Morgan fingerprint density at radius 2 is 1.22 bits per heavy atom.